The molecule has 1 aromatic carbocycles. The molecule has 0 spiro atoms. The molecule has 116 valence electrons. The van der Waals surface area contributed by atoms with E-state index in [1.54, 1.807) is 30.5 Å². The molecule has 0 aliphatic carbocycles. The number of carboxylic acids is 2. The molecule has 1 unspecified atom stereocenters. The van der Waals surface area contributed by atoms with Crippen molar-refractivity contribution in [1.29, 1.82) is 0 Å². The Morgan fingerprint density at radius 3 is 2.45 bits per heavy atom. The lowest BCUT2D eigenvalue weighted by molar-refractivity contribution is -0.145. The van der Waals surface area contributed by atoms with Gasteiger partial charge in [-0.15, -0.1) is 11.3 Å². The van der Waals surface area contributed by atoms with Crippen LogP contribution in [0.1, 0.15) is 22.8 Å². The fourth-order valence-electron chi connectivity index (χ4n) is 1.91. The first-order valence-electron chi connectivity index (χ1n) is 6.34. The first kappa shape index (κ1) is 16.3. The first-order valence-corrected chi connectivity index (χ1v) is 7.54. The highest BCUT2D eigenvalue weighted by atomic mass is 35.5. The van der Waals surface area contributed by atoms with Crippen LogP contribution < -0.4 is 5.32 Å². The summed E-state index contributed by atoms with van der Waals surface area (Å²) in [7, 11) is 0. The van der Waals surface area contributed by atoms with Crippen molar-refractivity contribution in [1.82, 2.24) is 4.98 Å². The summed E-state index contributed by atoms with van der Waals surface area (Å²) in [6.45, 7) is 0.557. The molecule has 2 aromatic rings. The molecule has 0 fully saturated rings. The number of benzene rings is 1. The summed E-state index contributed by atoms with van der Waals surface area (Å²) in [6.07, 6.45) is 1.24. The first-order chi connectivity index (χ1) is 10.5. The Balaban J connectivity index is 2.02. The highest BCUT2D eigenvalue weighted by Crippen LogP contribution is 2.23. The third-order valence-electron chi connectivity index (χ3n) is 2.98. The molecule has 0 saturated heterocycles. The molecule has 0 bridgehead atoms. The number of hydrogen-bond acceptors (Lipinski definition) is 5. The van der Waals surface area contributed by atoms with Crippen LogP contribution in [-0.4, -0.2) is 27.1 Å². The van der Waals surface area contributed by atoms with Gasteiger partial charge in [0, 0.05) is 16.8 Å². The van der Waals surface area contributed by atoms with E-state index in [0.717, 1.165) is 10.6 Å². The Bertz CT molecular complexity index is 672. The number of aliphatic carboxylic acids is 2. The number of carboxylic acid groups (broad SMARTS) is 2. The number of anilines is 1. The normalized spacial score (nSPS) is 11.9. The fourth-order valence-corrected chi connectivity index (χ4v) is 2.83. The van der Waals surface area contributed by atoms with E-state index in [1.165, 1.54) is 11.3 Å². The molecule has 1 aromatic heterocycles. The van der Waals surface area contributed by atoms with E-state index in [9.17, 15) is 9.59 Å². The minimum absolute atomic E-state index is 0.443. The van der Waals surface area contributed by atoms with Gasteiger partial charge in [-0.2, -0.15) is 0 Å². The van der Waals surface area contributed by atoms with Gasteiger partial charge in [-0.25, -0.2) is 4.98 Å². The smallest absolute Gasteiger partial charge is 0.311 e. The molecular weight excluding hydrogens is 328 g/mol. The zero-order valence-electron chi connectivity index (χ0n) is 11.3. The molecule has 3 N–H and O–H groups in total. The SMILES string of the molecule is O=C(O)CC(C(=O)O)c1ccc(NCc2cnc(Cl)s2)cc1. The van der Waals surface area contributed by atoms with E-state index in [4.69, 9.17) is 21.8 Å². The van der Waals surface area contributed by atoms with Gasteiger partial charge in [-0.3, -0.25) is 9.59 Å². The Morgan fingerprint density at radius 2 is 1.95 bits per heavy atom. The van der Waals surface area contributed by atoms with Crippen molar-refractivity contribution in [3.63, 3.8) is 0 Å². The Labute approximate surface area is 135 Å². The number of carbonyl (C=O) groups is 2. The average molecular weight is 341 g/mol. The molecule has 8 heteroatoms. The topological polar surface area (TPSA) is 99.5 Å². The molecular formula is C14H13ClN2O4S. The second-order valence-electron chi connectivity index (χ2n) is 4.54. The highest BCUT2D eigenvalue weighted by molar-refractivity contribution is 7.15. The minimum Gasteiger partial charge on any atom is -0.481 e. The third kappa shape index (κ3) is 4.44. The van der Waals surface area contributed by atoms with Crippen LogP contribution in [0.4, 0.5) is 5.69 Å². The quantitative estimate of drug-likeness (QED) is 0.716. The Kier molecular flexibility index (Phi) is 5.35. The second kappa shape index (κ2) is 7.24. The molecule has 1 heterocycles. The maximum atomic E-state index is 11.1. The van der Waals surface area contributed by atoms with Crippen molar-refractivity contribution in [2.45, 2.75) is 18.9 Å². The van der Waals surface area contributed by atoms with E-state index < -0.39 is 24.3 Å². The van der Waals surface area contributed by atoms with Gasteiger partial charge < -0.3 is 15.5 Å². The zero-order chi connectivity index (χ0) is 16.1. The van der Waals surface area contributed by atoms with Crippen LogP contribution in [0.2, 0.25) is 4.47 Å². The van der Waals surface area contributed by atoms with Gasteiger partial charge in [0.1, 0.15) is 0 Å². The largest absolute Gasteiger partial charge is 0.481 e. The Morgan fingerprint density at radius 1 is 1.27 bits per heavy atom. The molecule has 6 nitrogen and oxygen atoms in total. The second-order valence-corrected chi connectivity index (χ2v) is 6.24. The summed E-state index contributed by atoms with van der Waals surface area (Å²) in [4.78, 5) is 26.8. The molecule has 0 saturated carbocycles. The van der Waals surface area contributed by atoms with Crippen LogP contribution in [0, 0.1) is 0 Å². The predicted molar refractivity (Wildman–Crippen MR) is 83.5 cm³/mol. The summed E-state index contributed by atoms with van der Waals surface area (Å²) in [6, 6.07) is 6.67. The third-order valence-corrected chi connectivity index (χ3v) is 4.10. The van der Waals surface area contributed by atoms with Crippen LogP contribution in [0.25, 0.3) is 0 Å². The molecule has 2 rings (SSSR count). The summed E-state index contributed by atoms with van der Waals surface area (Å²) < 4.78 is 0.477. The lowest BCUT2D eigenvalue weighted by Gasteiger charge is -2.11. The van der Waals surface area contributed by atoms with Crippen LogP contribution in [-0.2, 0) is 16.1 Å². The Hall–Kier alpha value is -2.12. The van der Waals surface area contributed by atoms with E-state index in [1.807, 2.05) is 0 Å². The number of thiazole rings is 1. The van der Waals surface area contributed by atoms with Crippen LogP contribution in [0.5, 0.6) is 0 Å². The maximum Gasteiger partial charge on any atom is 0.311 e. The fraction of sp³-hybridized carbons (Fsp3) is 0.214. The van der Waals surface area contributed by atoms with E-state index in [-0.39, 0.29) is 0 Å². The predicted octanol–water partition coefficient (Wildman–Crippen LogP) is 3.05. The number of rotatable bonds is 7. The van der Waals surface area contributed by atoms with Crippen molar-refractivity contribution < 1.29 is 19.8 Å². The van der Waals surface area contributed by atoms with Crippen LogP contribution >= 0.6 is 22.9 Å². The van der Waals surface area contributed by atoms with Crippen molar-refractivity contribution in [3.8, 4) is 0 Å². The van der Waals surface area contributed by atoms with Crippen molar-refractivity contribution in [3.05, 3.63) is 45.4 Å². The van der Waals surface area contributed by atoms with Crippen molar-refractivity contribution >= 4 is 40.6 Å². The van der Waals surface area contributed by atoms with Gasteiger partial charge in [-0.05, 0) is 17.7 Å². The summed E-state index contributed by atoms with van der Waals surface area (Å²) in [5.74, 6) is -3.34. The standard InChI is InChI=1S/C14H13ClN2O4S/c15-14-17-7-10(22-14)6-16-9-3-1-8(2-4-9)11(13(20)21)5-12(18)19/h1-4,7,11,16H,5-6H2,(H,18,19)(H,20,21). The van der Waals surface area contributed by atoms with Gasteiger partial charge >= 0.3 is 11.9 Å². The molecule has 0 radical (unpaired) electrons. The number of aromatic nitrogens is 1. The molecule has 1 atom stereocenters. The summed E-state index contributed by atoms with van der Waals surface area (Å²) in [5, 5.41) is 21.0. The lowest BCUT2D eigenvalue weighted by Crippen LogP contribution is -2.15. The summed E-state index contributed by atoms with van der Waals surface area (Å²) >= 11 is 7.12. The van der Waals surface area contributed by atoms with Gasteiger partial charge in [0.05, 0.1) is 18.9 Å². The van der Waals surface area contributed by atoms with Crippen molar-refractivity contribution in [2.75, 3.05) is 5.32 Å². The molecule has 22 heavy (non-hydrogen) atoms. The highest BCUT2D eigenvalue weighted by Gasteiger charge is 2.22. The van der Waals surface area contributed by atoms with E-state index in [2.05, 4.69) is 10.3 Å². The summed E-state index contributed by atoms with van der Waals surface area (Å²) in [5.41, 5.74) is 1.26. The van der Waals surface area contributed by atoms with Gasteiger partial charge in [-0.1, -0.05) is 23.7 Å². The number of hydrogen-bond donors (Lipinski definition) is 3. The lowest BCUT2D eigenvalue weighted by atomic mass is 9.96. The monoisotopic (exact) mass is 340 g/mol. The molecule has 0 aliphatic rings. The zero-order valence-corrected chi connectivity index (χ0v) is 12.9. The van der Waals surface area contributed by atoms with Gasteiger partial charge in [0.25, 0.3) is 0 Å². The van der Waals surface area contributed by atoms with E-state index >= 15 is 0 Å². The molecule has 0 amide bonds. The van der Waals surface area contributed by atoms with Crippen molar-refractivity contribution in [2.24, 2.45) is 0 Å². The number of nitrogens with one attached hydrogen (secondary N) is 1. The van der Waals surface area contributed by atoms with Crippen LogP contribution in [0.15, 0.2) is 30.5 Å². The average Bonchev–Trinajstić information content (AvgIpc) is 2.88. The number of nitrogens with zero attached hydrogens (tertiary/aromatic N) is 1. The molecule has 0 aliphatic heterocycles. The maximum absolute atomic E-state index is 11.1. The van der Waals surface area contributed by atoms with Gasteiger partial charge in [0.15, 0.2) is 4.47 Å². The van der Waals surface area contributed by atoms with E-state index in [0.29, 0.717) is 16.6 Å². The number of halogens is 1. The minimum atomic E-state index is -1.15. The van der Waals surface area contributed by atoms with Gasteiger partial charge in [0.2, 0.25) is 0 Å². The van der Waals surface area contributed by atoms with Crippen LogP contribution in [0.3, 0.4) is 0 Å².